The maximum Gasteiger partial charge on any atom is 0.119 e. The van der Waals surface area contributed by atoms with Crippen molar-refractivity contribution in [1.82, 2.24) is 4.90 Å². The molecular formula is C15H24N2O2. The SMILES string of the molecule is COc1ccc(OCC(CN)N2CCCCC2)cc1. The molecule has 2 rings (SSSR count). The number of rotatable bonds is 6. The van der Waals surface area contributed by atoms with Crippen LogP contribution in [0.15, 0.2) is 24.3 Å². The Morgan fingerprint density at radius 1 is 1.11 bits per heavy atom. The summed E-state index contributed by atoms with van der Waals surface area (Å²) < 4.78 is 11.0. The molecule has 4 nitrogen and oxygen atoms in total. The highest BCUT2D eigenvalue weighted by atomic mass is 16.5. The van der Waals surface area contributed by atoms with Gasteiger partial charge in [0.05, 0.1) is 13.2 Å². The number of nitrogens with zero attached hydrogens (tertiary/aromatic N) is 1. The van der Waals surface area contributed by atoms with Crippen LogP contribution >= 0.6 is 0 Å². The van der Waals surface area contributed by atoms with Crippen LogP contribution in [0.1, 0.15) is 19.3 Å². The average molecular weight is 264 g/mol. The molecule has 1 unspecified atom stereocenters. The highest BCUT2D eigenvalue weighted by molar-refractivity contribution is 5.31. The van der Waals surface area contributed by atoms with E-state index >= 15 is 0 Å². The first kappa shape index (κ1) is 14.2. The summed E-state index contributed by atoms with van der Waals surface area (Å²) >= 11 is 0. The maximum atomic E-state index is 5.87. The zero-order valence-electron chi connectivity index (χ0n) is 11.7. The molecule has 0 bridgehead atoms. The number of piperidine rings is 1. The Morgan fingerprint density at radius 3 is 2.32 bits per heavy atom. The first-order valence-electron chi connectivity index (χ1n) is 7.04. The average Bonchev–Trinajstić information content (AvgIpc) is 2.49. The summed E-state index contributed by atoms with van der Waals surface area (Å²) in [6.45, 7) is 3.60. The monoisotopic (exact) mass is 264 g/mol. The summed E-state index contributed by atoms with van der Waals surface area (Å²) in [6.07, 6.45) is 3.89. The Labute approximate surface area is 115 Å². The van der Waals surface area contributed by atoms with Crippen molar-refractivity contribution in [2.24, 2.45) is 5.73 Å². The van der Waals surface area contributed by atoms with E-state index in [-0.39, 0.29) is 0 Å². The summed E-state index contributed by atoms with van der Waals surface area (Å²) in [7, 11) is 1.66. The molecule has 1 aliphatic rings. The van der Waals surface area contributed by atoms with Gasteiger partial charge in [0.25, 0.3) is 0 Å². The van der Waals surface area contributed by atoms with Crippen LogP contribution in [0, 0.1) is 0 Å². The summed E-state index contributed by atoms with van der Waals surface area (Å²) in [5, 5.41) is 0. The molecule has 0 amide bonds. The minimum atomic E-state index is 0.322. The summed E-state index contributed by atoms with van der Waals surface area (Å²) in [6, 6.07) is 8.01. The lowest BCUT2D eigenvalue weighted by Gasteiger charge is -2.33. The Balaban J connectivity index is 1.84. The van der Waals surface area contributed by atoms with Gasteiger partial charge in [0.15, 0.2) is 0 Å². The molecule has 0 saturated carbocycles. The number of hydrogen-bond acceptors (Lipinski definition) is 4. The van der Waals surface area contributed by atoms with Gasteiger partial charge in [-0.2, -0.15) is 0 Å². The quantitative estimate of drug-likeness (QED) is 0.852. The highest BCUT2D eigenvalue weighted by Gasteiger charge is 2.19. The second kappa shape index (κ2) is 7.36. The third-order valence-electron chi connectivity index (χ3n) is 3.68. The Bertz CT molecular complexity index is 361. The maximum absolute atomic E-state index is 5.87. The molecule has 1 saturated heterocycles. The van der Waals surface area contributed by atoms with Gasteiger partial charge in [0, 0.05) is 6.54 Å². The fraction of sp³-hybridized carbons (Fsp3) is 0.600. The second-order valence-corrected chi connectivity index (χ2v) is 4.97. The summed E-state index contributed by atoms with van der Waals surface area (Å²) in [4.78, 5) is 2.45. The number of methoxy groups -OCH3 is 1. The Hall–Kier alpha value is -1.26. The van der Waals surface area contributed by atoms with E-state index < -0.39 is 0 Å². The lowest BCUT2D eigenvalue weighted by Crippen LogP contribution is -2.46. The summed E-state index contributed by atoms with van der Waals surface area (Å²) in [5.74, 6) is 1.72. The van der Waals surface area contributed by atoms with Crippen molar-refractivity contribution in [3.05, 3.63) is 24.3 Å². The predicted octanol–water partition coefficient (Wildman–Crippen LogP) is 1.89. The van der Waals surface area contributed by atoms with Gasteiger partial charge >= 0.3 is 0 Å². The Morgan fingerprint density at radius 2 is 1.74 bits per heavy atom. The van der Waals surface area contributed by atoms with Crippen molar-refractivity contribution in [1.29, 1.82) is 0 Å². The first-order chi connectivity index (χ1) is 9.33. The van der Waals surface area contributed by atoms with E-state index in [0.29, 0.717) is 19.2 Å². The van der Waals surface area contributed by atoms with E-state index in [1.807, 2.05) is 24.3 Å². The lowest BCUT2D eigenvalue weighted by atomic mass is 10.1. The van der Waals surface area contributed by atoms with Crippen LogP contribution in [-0.4, -0.2) is 44.3 Å². The molecule has 1 fully saturated rings. The van der Waals surface area contributed by atoms with Crippen molar-refractivity contribution in [3.8, 4) is 11.5 Å². The van der Waals surface area contributed by atoms with Crippen LogP contribution in [0.5, 0.6) is 11.5 Å². The molecule has 2 N–H and O–H groups in total. The zero-order chi connectivity index (χ0) is 13.5. The largest absolute Gasteiger partial charge is 0.497 e. The predicted molar refractivity (Wildman–Crippen MR) is 76.8 cm³/mol. The number of likely N-dealkylation sites (tertiary alicyclic amines) is 1. The van der Waals surface area contributed by atoms with Gasteiger partial charge in [-0.3, -0.25) is 4.90 Å². The minimum Gasteiger partial charge on any atom is -0.497 e. The molecule has 0 aromatic heterocycles. The first-order valence-corrected chi connectivity index (χ1v) is 7.04. The van der Waals surface area contributed by atoms with Crippen molar-refractivity contribution < 1.29 is 9.47 Å². The van der Waals surface area contributed by atoms with Gasteiger partial charge in [-0.05, 0) is 50.2 Å². The molecule has 1 atom stereocenters. The molecule has 0 aliphatic carbocycles. The van der Waals surface area contributed by atoms with Crippen molar-refractivity contribution in [2.75, 3.05) is 33.4 Å². The molecule has 19 heavy (non-hydrogen) atoms. The number of ether oxygens (including phenoxy) is 2. The van der Waals surface area contributed by atoms with E-state index in [1.54, 1.807) is 7.11 Å². The van der Waals surface area contributed by atoms with Crippen LogP contribution in [0.25, 0.3) is 0 Å². The van der Waals surface area contributed by atoms with Crippen LogP contribution in [0.2, 0.25) is 0 Å². The van der Waals surface area contributed by atoms with Crippen LogP contribution in [0.4, 0.5) is 0 Å². The number of benzene rings is 1. The van der Waals surface area contributed by atoms with E-state index in [9.17, 15) is 0 Å². The molecule has 0 radical (unpaired) electrons. The molecular weight excluding hydrogens is 240 g/mol. The smallest absolute Gasteiger partial charge is 0.119 e. The third kappa shape index (κ3) is 4.11. The molecule has 0 spiro atoms. The fourth-order valence-corrected chi connectivity index (χ4v) is 2.47. The van der Waals surface area contributed by atoms with E-state index in [1.165, 1.54) is 19.3 Å². The molecule has 1 aliphatic heterocycles. The van der Waals surface area contributed by atoms with Crippen molar-refractivity contribution >= 4 is 0 Å². The molecule has 4 heteroatoms. The van der Waals surface area contributed by atoms with Crippen LogP contribution in [-0.2, 0) is 0 Å². The topological polar surface area (TPSA) is 47.7 Å². The van der Waals surface area contributed by atoms with E-state index in [0.717, 1.165) is 24.6 Å². The minimum absolute atomic E-state index is 0.322. The van der Waals surface area contributed by atoms with Gasteiger partial charge in [-0.15, -0.1) is 0 Å². The van der Waals surface area contributed by atoms with Gasteiger partial charge in [-0.25, -0.2) is 0 Å². The molecule has 1 aromatic carbocycles. The number of nitrogens with two attached hydrogens (primary N) is 1. The van der Waals surface area contributed by atoms with E-state index in [4.69, 9.17) is 15.2 Å². The van der Waals surface area contributed by atoms with Crippen LogP contribution in [0.3, 0.4) is 0 Å². The van der Waals surface area contributed by atoms with Gasteiger partial charge < -0.3 is 15.2 Å². The summed E-state index contributed by atoms with van der Waals surface area (Å²) in [5.41, 5.74) is 5.87. The third-order valence-corrected chi connectivity index (χ3v) is 3.68. The molecule has 1 aromatic rings. The van der Waals surface area contributed by atoms with E-state index in [2.05, 4.69) is 4.90 Å². The van der Waals surface area contributed by atoms with Gasteiger partial charge in [0.2, 0.25) is 0 Å². The highest BCUT2D eigenvalue weighted by Crippen LogP contribution is 2.18. The van der Waals surface area contributed by atoms with Gasteiger partial charge in [0.1, 0.15) is 18.1 Å². The fourth-order valence-electron chi connectivity index (χ4n) is 2.47. The van der Waals surface area contributed by atoms with Crippen molar-refractivity contribution in [2.45, 2.75) is 25.3 Å². The zero-order valence-corrected chi connectivity index (χ0v) is 11.7. The second-order valence-electron chi connectivity index (χ2n) is 4.97. The van der Waals surface area contributed by atoms with Crippen molar-refractivity contribution in [3.63, 3.8) is 0 Å². The lowest BCUT2D eigenvalue weighted by molar-refractivity contribution is 0.118. The normalized spacial score (nSPS) is 18.0. The molecule has 106 valence electrons. The Kier molecular flexibility index (Phi) is 5.48. The van der Waals surface area contributed by atoms with Crippen LogP contribution < -0.4 is 15.2 Å². The standard InChI is InChI=1S/C15H24N2O2/c1-18-14-5-7-15(8-6-14)19-12-13(11-16)17-9-3-2-4-10-17/h5-8,13H,2-4,9-12,16H2,1H3. The molecule has 1 heterocycles. The number of hydrogen-bond donors (Lipinski definition) is 1. The van der Waals surface area contributed by atoms with Gasteiger partial charge in [-0.1, -0.05) is 6.42 Å².